The molecular weight excluding hydrogens is 280 g/mol. The van der Waals surface area contributed by atoms with Crippen molar-refractivity contribution < 1.29 is 4.79 Å². The Hall–Kier alpha value is -2.46. The summed E-state index contributed by atoms with van der Waals surface area (Å²) >= 11 is 1.60. The fourth-order valence-electron chi connectivity index (χ4n) is 2.19. The van der Waals surface area contributed by atoms with Crippen LogP contribution < -0.4 is 5.43 Å². The van der Waals surface area contributed by atoms with Crippen molar-refractivity contribution in [3.63, 3.8) is 0 Å². The van der Waals surface area contributed by atoms with Crippen LogP contribution in [0.5, 0.6) is 0 Å². The number of nitrogens with one attached hydrogen (secondary N) is 1. The molecule has 104 valence electrons. The highest BCUT2D eigenvalue weighted by Gasteiger charge is 2.05. The molecule has 4 heteroatoms. The molecule has 1 aromatic heterocycles. The number of benzene rings is 2. The van der Waals surface area contributed by atoms with Crippen LogP contribution in [-0.2, 0) is 11.2 Å². The number of hydrogen-bond acceptors (Lipinski definition) is 3. The molecule has 0 radical (unpaired) electrons. The van der Waals surface area contributed by atoms with E-state index < -0.39 is 0 Å². The van der Waals surface area contributed by atoms with E-state index in [2.05, 4.69) is 10.5 Å². The Balaban J connectivity index is 1.69. The van der Waals surface area contributed by atoms with Crippen LogP contribution in [0.1, 0.15) is 11.1 Å². The summed E-state index contributed by atoms with van der Waals surface area (Å²) in [5.41, 5.74) is 4.57. The average Bonchev–Trinajstić information content (AvgIpc) is 3.01. The minimum atomic E-state index is -0.113. The fraction of sp³-hybridized carbons (Fsp3) is 0.0588. The second kappa shape index (κ2) is 6.33. The molecule has 2 aromatic carbocycles. The quantitative estimate of drug-likeness (QED) is 0.580. The van der Waals surface area contributed by atoms with Gasteiger partial charge in [0.2, 0.25) is 5.91 Å². The molecule has 3 rings (SSSR count). The van der Waals surface area contributed by atoms with Gasteiger partial charge in [-0.15, -0.1) is 0 Å². The first-order chi connectivity index (χ1) is 10.3. The van der Waals surface area contributed by atoms with Gasteiger partial charge < -0.3 is 0 Å². The van der Waals surface area contributed by atoms with Gasteiger partial charge in [0.05, 0.1) is 12.6 Å². The Kier molecular flexibility index (Phi) is 4.07. The summed E-state index contributed by atoms with van der Waals surface area (Å²) < 4.78 is 0. The minimum Gasteiger partial charge on any atom is -0.273 e. The summed E-state index contributed by atoms with van der Waals surface area (Å²) in [6, 6.07) is 16.0. The van der Waals surface area contributed by atoms with Gasteiger partial charge in [-0.05, 0) is 33.2 Å². The topological polar surface area (TPSA) is 41.5 Å². The molecule has 0 aliphatic rings. The van der Waals surface area contributed by atoms with Gasteiger partial charge in [-0.2, -0.15) is 16.4 Å². The van der Waals surface area contributed by atoms with Crippen molar-refractivity contribution in [3.8, 4) is 0 Å². The van der Waals surface area contributed by atoms with Crippen molar-refractivity contribution in [1.82, 2.24) is 5.43 Å². The summed E-state index contributed by atoms with van der Waals surface area (Å²) in [7, 11) is 0. The summed E-state index contributed by atoms with van der Waals surface area (Å²) in [5.74, 6) is -0.113. The second-order valence-corrected chi connectivity index (χ2v) is 5.44. The number of amides is 1. The van der Waals surface area contributed by atoms with E-state index in [1.54, 1.807) is 17.6 Å². The van der Waals surface area contributed by atoms with Gasteiger partial charge >= 0.3 is 0 Å². The van der Waals surface area contributed by atoms with Crippen LogP contribution in [0, 0.1) is 0 Å². The SMILES string of the molecule is O=C(Cc1cccc2ccccc12)N/N=C/c1ccsc1. The zero-order valence-corrected chi connectivity index (χ0v) is 12.1. The molecule has 0 aliphatic carbocycles. The van der Waals surface area contributed by atoms with E-state index in [-0.39, 0.29) is 5.91 Å². The van der Waals surface area contributed by atoms with Crippen molar-refractivity contribution >= 4 is 34.2 Å². The molecule has 0 unspecified atom stereocenters. The van der Waals surface area contributed by atoms with Crippen molar-refractivity contribution in [1.29, 1.82) is 0 Å². The predicted octanol–water partition coefficient (Wildman–Crippen LogP) is 3.59. The van der Waals surface area contributed by atoms with Crippen LogP contribution in [0.2, 0.25) is 0 Å². The van der Waals surface area contributed by atoms with Crippen LogP contribution in [0.4, 0.5) is 0 Å². The first-order valence-electron chi connectivity index (χ1n) is 6.64. The standard InChI is InChI=1S/C17H14N2OS/c20-17(19-18-11-13-8-9-21-12-13)10-15-6-3-5-14-4-1-2-7-16(14)15/h1-9,11-12H,10H2,(H,19,20)/b18-11+. The number of carbonyl (C=O) groups excluding carboxylic acids is 1. The maximum Gasteiger partial charge on any atom is 0.244 e. The zero-order chi connectivity index (χ0) is 14.5. The van der Waals surface area contributed by atoms with Gasteiger partial charge in [-0.1, -0.05) is 42.5 Å². The molecule has 21 heavy (non-hydrogen) atoms. The summed E-state index contributed by atoms with van der Waals surface area (Å²) in [4.78, 5) is 12.0. The molecular formula is C17H14N2OS. The van der Waals surface area contributed by atoms with E-state index in [4.69, 9.17) is 0 Å². The second-order valence-electron chi connectivity index (χ2n) is 4.66. The lowest BCUT2D eigenvalue weighted by Crippen LogP contribution is -2.19. The van der Waals surface area contributed by atoms with Crippen molar-refractivity contribution in [2.75, 3.05) is 0 Å². The maximum absolute atomic E-state index is 12.0. The molecule has 0 spiro atoms. The fourth-order valence-corrected chi connectivity index (χ4v) is 2.80. The van der Waals surface area contributed by atoms with Crippen molar-refractivity contribution in [3.05, 3.63) is 70.4 Å². The summed E-state index contributed by atoms with van der Waals surface area (Å²) in [5, 5.41) is 10.2. The Bertz CT molecular complexity index is 773. The van der Waals surface area contributed by atoms with E-state index in [1.165, 1.54) is 0 Å². The van der Waals surface area contributed by atoms with Gasteiger partial charge in [0.1, 0.15) is 0 Å². The van der Waals surface area contributed by atoms with Gasteiger partial charge in [-0.25, -0.2) is 5.43 Å². The molecule has 0 aliphatic heterocycles. The van der Waals surface area contributed by atoms with Crippen LogP contribution in [0.15, 0.2) is 64.4 Å². The molecule has 1 amide bonds. The molecule has 0 atom stereocenters. The zero-order valence-electron chi connectivity index (χ0n) is 11.3. The normalized spacial score (nSPS) is 11.0. The highest BCUT2D eigenvalue weighted by atomic mass is 32.1. The third-order valence-electron chi connectivity index (χ3n) is 3.18. The molecule has 3 nitrogen and oxygen atoms in total. The molecule has 0 saturated carbocycles. The molecule has 1 heterocycles. The number of nitrogens with zero attached hydrogens (tertiary/aromatic N) is 1. The monoisotopic (exact) mass is 294 g/mol. The molecule has 0 bridgehead atoms. The molecule has 0 saturated heterocycles. The Morgan fingerprint density at radius 1 is 1.14 bits per heavy atom. The highest BCUT2D eigenvalue weighted by Crippen LogP contribution is 2.18. The number of fused-ring (bicyclic) bond motifs is 1. The Morgan fingerprint density at radius 2 is 2.00 bits per heavy atom. The van der Waals surface area contributed by atoms with Crippen LogP contribution in [0.3, 0.4) is 0 Å². The van der Waals surface area contributed by atoms with Crippen LogP contribution in [-0.4, -0.2) is 12.1 Å². The number of thiophene rings is 1. The first kappa shape index (κ1) is 13.5. The largest absolute Gasteiger partial charge is 0.273 e. The van der Waals surface area contributed by atoms with Gasteiger partial charge in [0.15, 0.2) is 0 Å². The lowest BCUT2D eigenvalue weighted by atomic mass is 10.0. The Labute approximate surface area is 126 Å². The van der Waals surface area contributed by atoms with Crippen LogP contribution in [0.25, 0.3) is 10.8 Å². The number of carbonyl (C=O) groups is 1. The highest BCUT2D eigenvalue weighted by molar-refractivity contribution is 7.08. The van der Waals surface area contributed by atoms with E-state index in [1.807, 2.05) is 59.3 Å². The van der Waals surface area contributed by atoms with Gasteiger partial charge in [-0.3, -0.25) is 4.79 Å². The maximum atomic E-state index is 12.0. The minimum absolute atomic E-state index is 0.113. The van der Waals surface area contributed by atoms with E-state index in [9.17, 15) is 4.79 Å². The summed E-state index contributed by atoms with van der Waals surface area (Å²) in [6.45, 7) is 0. The predicted molar refractivity (Wildman–Crippen MR) is 87.7 cm³/mol. The summed E-state index contributed by atoms with van der Waals surface area (Å²) in [6.07, 6.45) is 1.97. The van der Waals surface area contributed by atoms with Gasteiger partial charge in [0.25, 0.3) is 0 Å². The van der Waals surface area contributed by atoms with Crippen LogP contribution >= 0.6 is 11.3 Å². The van der Waals surface area contributed by atoms with E-state index in [0.29, 0.717) is 6.42 Å². The van der Waals surface area contributed by atoms with Crippen molar-refractivity contribution in [2.24, 2.45) is 5.10 Å². The number of rotatable bonds is 4. The third kappa shape index (κ3) is 3.35. The lowest BCUT2D eigenvalue weighted by molar-refractivity contribution is -0.120. The molecule has 1 N–H and O–H groups in total. The Morgan fingerprint density at radius 3 is 2.86 bits per heavy atom. The smallest absolute Gasteiger partial charge is 0.244 e. The molecule has 3 aromatic rings. The first-order valence-corrected chi connectivity index (χ1v) is 7.58. The van der Waals surface area contributed by atoms with Gasteiger partial charge in [0, 0.05) is 5.56 Å². The van der Waals surface area contributed by atoms with E-state index >= 15 is 0 Å². The van der Waals surface area contributed by atoms with Crippen molar-refractivity contribution in [2.45, 2.75) is 6.42 Å². The third-order valence-corrected chi connectivity index (χ3v) is 3.88. The lowest BCUT2D eigenvalue weighted by Gasteiger charge is -2.05. The average molecular weight is 294 g/mol. The number of hydrogen-bond donors (Lipinski definition) is 1. The number of hydrazone groups is 1. The van der Waals surface area contributed by atoms with E-state index in [0.717, 1.165) is 21.9 Å². The molecule has 0 fully saturated rings.